The van der Waals surface area contributed by atoms with Crippen LogP contribution in [-0.2, 0) is 0 Å². The molecule has 0 aliphatic rings. The molecule has 1 rings (SSSR count). The lowest BCUT2D eigenvalue weighted by atomic mass is 10.1. The summed E-state index contributed by atoms with van der Waals surface area (Å²) < 4.78 is 13.2. The molecule has 1 aromatic carbocycles. The number of halogens is 1. The van der Waals surface area contributed by atoms with Gasteiger partial charge in [0.25, 0.3) is 0 Å². The van der Waals surface area contributed by atoms with Crippen LogP contribution in [0.25, 0.3) is 0 Å². The van der Waals surface area contributed by atoms with E-state index in [1.165, 1.54) is 6.07 Å². The maximum absolute atomic E-state index is 13.2. The van der Waals surface area contributed by atoms with Gasteiger partial charge in [-0.15, -0.1) is 0 Å². The van der Waals surface area contributed by atoms with Gasteiger partial charge in [0.1, 0.15) is 5.82 Å². The van der Waals surface area contributed by atoms with Gasteiger partial charge in [0, 0.05) is 11.6 Å². The quantitative estimate of drug-likeness (QED) is 0.654. The predicted octanol–water partition coefficient (Wildman–Crippen LogP) is 2.45. The van der Waals surface area contributed by atoms with Crippen molar-refractivity contribution >= 4 is 0 Å². The second-order valence-electron chi connectivity index (χ2n) is 3.16. The third-order valence-electron chi connectivity index (χ3n) is 2.13. The van der Waals surface area contributed by atoms with Gasteiger partial charge >= 0.3 is 0 Å². The van der Waals surface area contributed by atoms with Gasteiger partial charge in [0.05, 0.1) is 0 Å². The van der Waals surface area contributed by atoms with E-state index in [9.17, 15) is 4.39 Å². The molecule has 1 unspecified atom stereocenters. The maximum atomic E-state index is 13.2. The molecule has 0 fully saturated rings. The summed E-state index contributed by atoms with van der Waals surface area (Å²) in [5.74, 6) is -0.126. The fourth-order valence-corrected chi connectivity index (χ4v) is 1.09. The highest BCUT2D eigenvalue weighted by atomic mass is 19.1. The SMILES string of the molecule is CC(c1ccccc1F)N(C)C. The second kappa shape index (κ2) is 3.68. The second-order valence-corrected chi connectivity index (χ2v) is 3.16. The number of rotatable bonds is 2. The van der Waals surface area contributed by atoms with E-state index >= 15 is 0 Å². The molecule has 0 saturated heterocycles. The van der Waals surface area contributed by atoms with Crippen LogP contribution in [0.5, 0.6) is 0 Å². The molecule has 12 heavy (non-hydrogen) atoms. The minimum Gasteiger partial charge on any atom is -0.303 e. The smallest absolute Gasteiger partial charge is 0.127 e. The highest BCUT2D eigenvalue weighted by Gasteiger charge is 2.10. The number of hydrogen-bond acceptors (Lipinski definition) is 1. The Balaban J connectivity index is 2.94. The van der Waals surface area contributed by atoms with E-state index in [4.69, 9.17) is 0 Å². The molecule has 0 saturated carbocycles. The Hall–Kier alpha value is -0.890. The largest absolute Gasteiger partial charge is 0.303 e. The Kier molecular flexibility index (Phi) is 2.82. The van der Waals surface area contributed by atoms with E-state index in [0.717, 1.165) is 5.56 Å². The van der Waals surface area contributed by atoms with Crippen molar-refractivity contribution in [2.75, 3.05) is 14.1 Å². The first-order chi connectivity index (χ1) is 5.63. The number of hydrogen-bond donors (Lipinski definition) is 0. The average Bonchev–Trinajstić information content (AvgIpc) is 2.04. The Bertz CT molecular complexity index is 258. The minimum atomic E-state index is -0.126. The summed E-state index contributed by atoms with van der Waals surface area (Å²) in [5, 5.41) is 0. The third kappa shape index (κ3) is 1.83. The maximum Gasteiger partial charge on any atom is 0.127 e. The van der Waals surface area contributed by atoms with Gasteiger partial charge in [-0.25, -0.2) is 4.39 Å². The molecule has 2 heteroatoms. The molecule has 0 aromatic heterocycles. The van der Waals surface area contributed by atoms with Crippen LogP contribution in [0.2, 0.25) is 0 Å². The van der Waals surface area contributed by atoms with Crippen LogP contribution in [-0.4, -0.2) is 19.0 Å². The molecule has 0 aliphatic heterocycles. The average molecular weight is 167 g/mol. The molecule has 1 atom stereocenters. The highest BCUT2D eigenvalue weighted by molar-refractivity contribution is 5.20. The summed E-state index contributed by atoms with van der Waals surface area (Å²) in [5.41, 5.74) is 0.752. The normalized spacial score (nSPS) is 13.4. The van der Waals surface area contributed by atoms with Crippen molar-refractivity contribution in [3.63, 3.8) is 0 Å². The summed E-state index contributed by atoms with van der Waals surface area (Å²) in [6.45, 7) is 1.98. The van der Waals surface area contributed by atoms with Crippen LogP contribution < -0.4 is 0 Å². The van der Waals surface area contributed by atoms with Gasteiger partial charge in [-0.2, -0.15) is 0 Å². The molecule has 1 aromatic rings. The van der Waals surface area contributed by atoms with Crippen molar-refractivity contribution in [1.29, 1.82) is 0 Å². The van der Waals surface area contributed by atoms with Crippen LogP contribution in [0, 0.1) is 5.82 Å². The fraction of sp³-hybridized carbons (Fsp3) is 0.400. The van der Waals surface area contributed by atoms with Crippen molar-refractivity contribution in [3.05, 3.63) is 35.6 Å². The van der Waals surface area contributed by atoms with E-state index in [-0.39, 0.29) is 11.9 Å². The van der Waals surface area contributed by atoms with Crippen LogP contribution in [0.4, 0.5) is 4.39 Å². The zero-order valence-electron chi connectivity index (χ0n) is 7.71. The zero-order chi connectivity index (χ0) is 9.14. The Labute approximate surface area is 72.8 Å². The first-order valence-corrected chi connectivity index (χ1v) is 4.03. The molecule has 0 radical (unpaired) electrons. The molecular weight excluding hydrogens is 153 g/mol. The van der Waals surface area contributed by atoms with Gasteiger partial charge in [0.2, 0.25) is 0 Å². The summed E-state index contributed by atoms with van der Waals surface area (Å²) in [7, 11) is 3.88. The molecule has 0 amide bonds. The van der Waals surface area contributed by atoms with Gasteiger partial charge < -0.3 is 4.90 Å². The van der Waals surface area contributed by atoms with Crippen LogP contribution in [0.1, 0.15) is 18.5 Å². The van der Waals surface area contributed by atoms with E-state index < -0.39 is 0 Å². The van der Waals surface area contributed by atoms with Gasteiger partial charge in [-0.3, -0.25) is 0 Å². The van der Waals surface area contributed by atoms with Gasteiger partial charge in [-0.1, -0.05) is 18.2 Å². The third-order valence-corrected chi connectivity index (χ3v) is 2.13. The van der Waals surface area contributed by atoms with Crippen LogP contribution in [0.3, 0.4) is 0 Å². The van der Waals surface area contributed by atoms with Crippen molar-refractivity contribution in [1.82, 2.24) is 4.90 Å². The fourth-order valence-electron chi connectivity index (χ4n) is 1.09. The predicted molar refractivity (Wildman–Crippen MR) is 48.5 cm³/mol. The van der Waals surface area contributed by atoms with E-state index in [1.807, 2.05) is 38.1 Å². The highest BCUT2D eigenvalue weighted by Crippen LogP contribution is 2.19. The van der Waals surface area contributed by atoms with E-state index in [2.05, 4.69) is 0 Å². The summed E-state index contributed by atoms with van der Waals surface area (Å²) >= 11 is 0. The zero-order valence-corrected chi connectivity index (χ0v) is 7.71. The van der Waals surface area contributed by atoms with Crippen molar-refractivity contribution in [2.45, 2.75) is 13.0 Å². The molecule has 0 aliphatic carbocycles. The van der Waals surface area contributed by atoms with E-state index in [0.29, 0.717) is 0 Å². The van der Waals surface area contributed by atoms with Crippen LogP contribution >= 0.6 is 0 Å². The monoisotopic (exact) mass is 167 g/mol. The van der Waals surface area contributed by atoms with Crippen molar-refractivity contribution in [2.24, 2.45) is 0 Å². The minimum absolute atomic E-state index is 0.126. The summed E-state index contributed by atoms with van der Waals surface area (Å²) in [6.07, 6.45) is 0. The lowest BCUT2D eigenvalue weighted by Gasteiger charge is -2.20. The molecule has 0 bridgehead atoms. The van der Waals surface area contributed by atoms with E-state index in [1.54, 1.807) is 6.07 Å². The van der Waals surface area contributed by atoms with Gasteiger partial charge in [0.15, 0.2) is 0 Å². The first-order valence-electron chi connectivity index (χ1n) is 4.03. The standard InChI is InChI=1S/C10H14FN/c1-8(12(2)3)9-6-4-5-7-10(9)11/h4-8H,1-3H3. The van der Waals surface area contributed by atoms with Crippen molar-refractivity contribution in [3.8, 4) is 0 Å². The Morgan fingerprint density at radius 2 is 1.83 bits per heavy atom. The molecule has 0 N–H and O–H groups in total. The van der Waals surface area contributed by atoms with Crippen LogP contribution in [0.15, 0.2) is 24.3 Å². The Morgan fingerprint density at radius 1 is 1.25 bits per heavy atom. The summed E-state index contributed by atoms with van der Waals surface area (Å²) in [6, 6.07) is 7.01. The van der Waals surface area contributed by atoms with Gasteiger partial charge in [-0.05, 0) is 27.1 Å². The molecule has 0 spiro atoms. The first kappa shape index (κ1) is 9.20. The molecular formula is C10H14FN. The topological polar surface area (TPSA) is 3.24 Å². The molecule has 0 heterocycles. The molecule has 66 valence electrons. The molecule has 1 nitrogen and oxygen atoms in total. The lowest BCUT2D eigenvalue weighted by molar-refractivity contribution is 0.313. The number of nitrogens with zero attached hydrogens (tertiary/aromatic N) is 1. The number of benzene rings is 1. The Morgan fingerprint density at radius 3 is 2.33 bits per heavy atom. The summed E-state index contributed by atoms with van der Waals surface area (Å²) in [4.78, 5) is 1.98. The van der Waals surface area contributed by atoms with Crippen molar-refractivity contribution < 1.29 is 4.39 Å². The lowest BCUT2D eigenvalue weighted by Crippen LogP contribution is -2.17.